The van der Waals surface area contributed by atoms with Gasteiger partial charge in [0.15, 0.2) is 23.2 Å². The Labute approximate surface area is 246 Å². The minimum absolute atomic E-state index is 0.0977. The molecule has 5 rings (SSSR count). The summed E-state index contributed by atoms with van der Waals surface area (Å²) in [5.41, 5.74) is 3.57. The molecule has 1 aliphatic carbocycles. The van der Waals surface area contributed by atoms with Crippen molar-refractivity contribution in [3.8, 4) is 5.75 Å². The van der Waals surface area contributed by atoms with Gasteiger partial charge in [0.05, 0.1) is 25.6 Å². The molecule has 15 nitrogen and oxygen atoms in total. The average Bonchev–Trinajstić information content (AvgIpc) is 3.62. The molecule has 2 aliphatic rings. The quantitative estimate of drug-likeness (QED) is 0.137. The molecular weight excluding hydrogens is 588 g/mol. The van der Waals surface area contributed by atoms with E-state index in [1.165, 1.54) is 30.0 Å². The maximum Gasteiger partial charge on any atom is 0.459 e. The third kappa shape index (κ3) is 6.74. The van der Waals surface area contributed by atoms with E-state index in [9.17, 15) is 19.6 Å². The number of nitrogen functional groups attached to an aromatic ring is 1. The van der Waals surface area contributed by atoms with Crippen molar-refractivity contribution in [3.63, 3.8) is 0 Å². The second-order valence-corrected chi connectivity index (χ2v) is 12.5. The number of aromatic nitrogens is 4. The van der Waals surface area contributed by atoms with Gasteiger partial charge in [0.1, 0.15) is 24.0 Å². The molecule has 2 unspecified atom stereocenters. The lowest BCUT2D eigenvalue weighted by Crippen LogP contribution is -2.46. The molecule has 2 fully saturated rings. The molecule has 1 saturated heterocycles. The predicted molar refractivity (Wildman–Crippen MR) is 152 cm³/mol. The highest BCUT2D eigenvalue weighted by Gasteiger charge is 2.59. The molecule has 2 aromatic heterocycles. The Hall–Kier alpha value is -3.40. The van der Waals surface area contributed by atoms with Crippen molar-refractivity contribution < 1.29 is 42.5 Å². The van der Waals surface area contributed by atoms with Crippen molar-refractivity contribution in [2.45, 2.75) is 75.9 Å². The third-order valence-electron chi connectivity index (χ3n) is 6.84. The van der Waals surface area contributed by atoms with Crippen LogP contribution >= 0.6 is 7.75 Å². The van der Waals surface area contributed by atoms with E-state index in [0.29, 0.717) is 11.3 Å². The largest absolute Gasteiger partial charge is 0.462 e. The summed E-state index contributed by atoms with van der Waals surface area (Å²) in [6, 6.07) is 7.13. The van der Waals surface area contributed by atoms with Gasteiger partial charge < -0.3 is 35.3 Å². The summed E-state index contributed by atoms with van der Waals surface area (Å²) in [5.74, 6) is -0.286. The molecule has 1 aliphatic heterocycles. The Morgan fingerprint density at radius 1 is 1.28 bits per heavy atom. The molecule has 0 radical (unpaired) electrons. The molecule has 1 saturated carbocycles. The van der Waals surface area contributed by atoms with Gasteiger partial charge in [-0.15, -0.1) is 0 Å². The predicted octanol–water partition coefficient (Wildman–Crippen LogP) is 2.08. The minimum atomic E-state index is -4.36. The molecule has 17 heteroatoms. The second-order valence-electron chi connectivity index (χ2n) is 10.8. The highest BCUT2D eigenvalue weighted by atomic mass is 31.2. The number of alkyl halides is 1. The summed E-state index contributed by atoms with van der Waals surface area (Å²) in [7, 11) is -4.36. The van der Waals surface area contributed by atoms with E-state index in [-0.39, 0.29) is 23.4 Å². The zero-order chi connectivity index (χ0) is 30.9. The fourth-order valence-electron chi connectivity index (χ4n) is 4.54. The van der Waals surface area contributed by atoms with Gasteiger partial charge in [0.2, 0.25) is 11.6 Å². The van der Waals surface area contributed by atoms with Crippen LogP contribution in [0.15, 0.2) is 36.7 Å². The van der Waals surface area contributed by atoms with Crippen LogP contribution in [0.3, 0.4) is 0 Å². The van der Waals surface area contributed by atoms with E-state index >= 15 is 4.39 Å². The summed E-state index contributed by atoms with van der Waals surface area (Å²) in [5, 5.41) is 26.8. The number of ether oxygens (including phenoxy) is 2. The van der Waals surface area contributed by atoms with Gasteiger partial charge >= 0.3 is 13.7 Å². The average molecular weight is 624 g/mol. The summed E-state index contributed by atoms with van der Waals surface area (Å²) in [6.45, 7) is 2.93. The maximum atomic E-state index is 16.3. The van der Waals surface area contributed by atoms with Crippen molar-refractivity contribution in [1.29, 1.82) is 0 Å². The fraction of sp³-hybridized carbons (Fsp3) is 0.538. The molecular formula is C26H35FN7O8P. The Morgan fingerprint density at radius 3 is 2.65 bits per heavy atom. The first-order valence-corrected chi connectivity index (χ1v) is 15.3. The number of hydrogen-bond acceptors (Lipinski definition) is 13. The maximum absolute atomic E-state index is 16.3. The van der Waals surface area contributed by atoms with Gasteiger partial charge in [-0.05, 0) is 45.7 Å². The van der Waals surface area contributed by atoms with Gasteiger partial charge in [-0.1, -0.05) is 18.2 Å². The number of nitrogens with one attached hydrogen (secondary N) is 2. The van der Waals surface area contributed by atoms with Gasteiger partial charge in [-0.2, -0.15) is 15.1 Å². The highest BCUT2D eigenvalue weighted by molar-refractivity contribution is 7.52. The fourth-order valence-corrected chi connectivity index (χ4v) is 6.04. The number of fused-ring (bicyclic) bond motifs is 1. The van der Waals surface area contributed by atoms with Crippen molar-refractivity contribution in [2.24, 2.45) is 0 Å². The number of aliphatic hydroxyl groups excluding tert-OH is 2. The molecule has 43 heavy (non-hydrogen) atoms. The van der Waals surface area contributed by atoms with Crippen LogP contribution in [0.4, 0.5) is 16.2 Å². The molecule has 0 amide bonds. The summed E-state index contributed by atoms with van der Waals surface area (Å²) >= 11 is 0. The van der Waals surface area contributed by atoms with Gasteiger partial charge in [-0.25, -0.2) is 13.9 Å². The van der Waals surface area contributed by atoms with Crippen LogP contribution in [0.2, 0.25) is 0 Å². The van der Waals surface area contributed by atoms with Crippen LogP contribution in [0, 0.1) is 0 Å². The number of aliphatic hydroxyl groups is 2. The van der Waals surface area contributed by atoms with E-state index in [0.717, 1.165) is 12.8 Å². The number of benzene rings is 1. The first kappa shape index (κ1) is 31.0. The molecule has 1 aromatic carbocycles. The van der Waals surface area contributed by atoms with Crippen molar-refractivity contribution in [1.82, 2.24) is 24.6 Å². The Morgan fingerprint density at radius 2 is 2.00 bits per heavy atom. The number of esters is 1. The first-order valence-electron chi connectivity index (χ1n) is 13.8. The number of carbonyl (C=O) groups is 1. The number of rotatable bonds is 13. The molecule has 6 N–H and O–H groups in total. The van der Waals surface area contributed by atoms with E-state index in [1.807, 2.05) is 0 Å². The Bertz CT molecular complexity index is 1490. The lowest BCUT2D eigenvalue weighted by molar-refractivity contribution is -0.149. The van der Waals surface area contributed by atoms with E-state index < -0.39 is 63.2 Å². The van der Waals surface area contributed by atoms with Crippen LogP contribution in [0.25, 0.3) is 11.2 Å². The van der Waals surface area contributed by atoms with Crippen LogP contribution in [-0.4, -0.2) is 85.0 Å². The van der Waals surface area contributed by atoms with E-state index in [4.69, 9.17) is 24.3 Å². The van der Waals surface area contributed by atoms with E-state index in [2.05, 4.69) is 25.4 Å². The Kier molecular flexibility index (Phi) is 8.88. The van der Waals surface area contributed by atoms with Gasteiger partial charge in [-0.3, -0.25) is 13.9 Å². The molecule has 234 valence electrons. The van der Waals surface area contributed by atoms with Crippen LogP contribution < -0.4 is 20.7 Å². The number of hydrogen-bond donors (Lipinski definition) is 5. The normalized spacial score (nSPS) is 25.9. The zero-order valence-corrected chi connectivity index (χ0v) is 24.7. The number of carbonyl (C=O) groups excluding carboxylic acids is 1. The smallest absolute Gasteiger partial charge is 0.459 e. The number of halogens is 1. The van der Waals surface area contributed by atoms with Gasteiger partial charge in [0.25, 0.3) is 0 Å². The molecule has 6 atom stereocenters. The summed E-state index contributed by atoms with van der Waals surface area (Å²) in [4.78, 5) is 25.1. The van der Waals surface area contributed by atoms with E-state index in [1.54, 1.807) is 32.0 Å². The van der Waals surface area contributed by atoms with Crippen LogP contribution in [0.1, 0.15) is 39.8 Å². The molecule has 0 spiro atoms. The van der Waals surface area contributed by atoms with Crippen molar-refractivity contribution in [3.05, 3.63) is 36.7 Å². The Balaban J connectivity index is 1.38. The zero-order valence-electron chi connectivity index (χ0n) is 23.8. The second kappa shape index (κ2) is 12.3. The lowest BCUT2D eigenvalue weighted by atomic mass is 9.97. The summed E-state index contributed by atoms with van der Waals surface area (Å²) < 4.78 is 53.5. The molecule has 0 bridgehead atoms. The monoisotopic (exact) mass is 623 g/mol. The van der Waals surface area contributed by atoms with Crippen molar-refractivity contribution in [2.75, 3.05) is 24.3 Å². The summed E-state index contributed by atoms with van der Waals surface area (Å²) in [6.07, 6.45) is -2.30. The van der Waals surface area contributed by atoms with Crippen molar-refractivity contribution >= 4 is 36.6 Å². The number of para-hydroxylation sites is 1. The third-order valence-corrected chi connectivity index (χ3v) is 8.49. The molecule has 3 heterocycles. The van der Waals surface area contributed by atoms with Crippen LogP contribution in [-0.2, 0) is 23.4 Å². The standard InChI is InChI=1S/C26H35FN7O8P/c1-14(2)40-23(37)15(3)33-43(38,42-17-7-5-4-6-8-17)39-11-18-20(36)26(27,12-35)24(41-18)34-13-29-19-21(30-16-9-10-16)31-25(28)32-22(19)34/h4-8,13-16,18,20,24,35-36H,9-12H2,1-3H3,(H,33,38)(H3,28,30,31,32)/t15?,18-,20-,24-,26-,43?/m1/s1. The number of nitrogens with two attached hydrogens (primary N) is 1. The minimum Gasteiger partial charge on any atom is -0.462 e. The number of nitrogens with zero attached hydrogens (tertiary/aromatic N) is 4. The number of imidazole rings is 1. The highest BCUT2D eigenvalue weighted by Crippen LogP contribution is 2.48. The number of anilines is 2. The van der Waals surface area contributed by atoms with Gasteiger partial charge in [0, 0.05) is 6.04 Å². The SMILES string of the molecule is CC(C)OC(=O)C(C)NP(=O)(OC[C@H]1O[C@@H](n2cnc3c(NC4CC4)nc(N)nc32)[C@@](F)(CO)[C@@H]1O)Oc1ccccc1. The van der Waals surface area contributed by atoms with Crippen LogP contribution in [0.5, 0.6) is 5.75 Å². The molecule has 3 aromatic rings. The lowest BCUT2D eigenvalue weighted by Gasteiger charge is -2.27. The first-order chi connectivity index (χ1) is 20.4. The topological polar surface area (TPSA) is 205 Å².